The lowest BCUT2D eigenvalue weighted by Crippen LogP contribution is -1.84. The van der Waals surface area contributed by atoms with Crippen LogP contribution in [0.25, 0.3) is 0 Å². The summed E-state index contributed by atoms with van der Waals surface area (Å²) < 4.78 is 0. The number of hydrogen-bond acceptors (Lipinski definition) is 2. The summed E-state index contributed by atoms with van der Waals surface area (Å²) in [5.74, 6) is 0.0784. The van der Waals surface area contributed by atoms with Crippen LogP contribution in [0.3, 0.4) is 0 Å². The standard InChI is InChI=1S/C13H6Cl5NO/c14-8-9(15)11(17)13(12(18)10(8)16)19-5-6-3-1-2-4-7(6)20/h1-5,20H. The van der Waals surface area contributed by atoms with Gasteiger partial charge in [-0.3, -0.25) is 4.99 Å². The number of aliphatic imine (C=N–C) groups is 1. The maximum atomic E-state index is 9.65. The lowest BCUT2D eigenvalue weighted by atomic mass is 10.2. The number of phenolic OH excluding ortho intramolecular Hbond substituents is 1. The van der Waals surface area contributed by atoms with Crippen LogP contribution in [0.15, 0.2) is 29.3 Å². The maximum Gasteiger partial charge on any atom is 0.124 e. The van der Waals surface area contributed by atoms with Gasteiger partial charge in [-0.1, -0.05) is 70.1 Å². The van der Waals surface area contributed by atoms with Gasteiger partial charge >= 0.3 is 0 Å². The van der Waals surface area contributed by atoms with Gasteiger partial charge in [0.15, 0.2) is 0 Å². The molecule has 0 radical (unpaired) electrons. The molecule has 1 N–H and O–H groups in total. The van der Waals surface area contributed by atoms with Crippen molar-refractivity contribution in [2.45, 2.75) is 0 Å². The summed E-state index contributed by atoms with van der Waals surface area (Å²) in [5, 5.41) is 10.1. The number of phenols is 1. The molecule has 0 saturated carbocycles. The van der Waals surface area contributed by atoms with Crippen LogP contribution in [-0.4, -0.2) is 11.3 Å². The summed E-state index contributed by atoms with van der Waals surface area (Å²) in [6.07, 6.45) is 1.41. The van der Waals surface area contributed by atoms with E-state index in [1.54, 1.807) is 18.2 Å². The summed E-state index contributed by atoms with van der Waals surface area (Å²) in [5.41, 5.74) is 0.692. The molecule has 0 fully saturated rings. The first kappa shape index (κ1) is 15.7. The van der Waals surface area contributed by atoms with Crippen LogP contribution in [-0.2, 0) is 0 Å². The van der Waals surface area contributed by atoms with Gasteiger partial charge in [0, 0.05) is 11.8 Å². The fourth-order valence-corrected chi connectivity index (χ4v) is 2.66. The Morgan fingerprint density at radius 1 is 0.800 bits per heavy atom. The molecule has 2 nitrogen and oxygen atoms in total. The molecule has 0 bridgehead atoms. The van der Waals surface area contributed by atoms with Gasteiger partial charge in [0.05, 0.1) is 25.1 Å². The predicted molar refractivity (Wildman–Crippen MR) is 86.9 cm³/mol. The van der Waals surface area contributed by atoms with Crippen LogP contribution in [0.5, 0.6) is 5.75 Å². The average molecular weight is 369 g/mol. The summed E-state index contributed by atoms with van der Waals surface area (Å²) in [6, 6.07) is 6.67. The molecule has 0 aromatic heterocycles. The molecule has 2 aromatic rings. The Hall–Kier alpha value is -0.640. The first-order valence-electron chi connectivity index (χ1n) is 5.27. The van der Waals surface area contributed by atoms with Gasteiger partial charge < -0.3 is 5.11 Å². The van der Waals surface area contributed by atoms with Crippen LogP contribution < -0.4 is 0 Å². The second-order valence-corrected chi connectivity index (χ2v) is 5.63. The molecular weight excluding hydrogens is 363 g/mol. The topological polar surface area (TPSA) is 32.6 Å². The molecule has 0 aliphatic heterocycles. The number of halogens is 5. The summed E-state index contributed by atoms with van der Waals surface area (Å²) in [6.45, 7) is 0. The van der Waals surface area contributed by atoms with Crippen molar-refractivity contribution in [2.24, 2.45) is 4.99 Å². The largest absolute Gasteiger partial charge is 0.507 e. The monoisotopic (exact) mass is 367 g/mol. The quantitative estimate of drug-likeness (QED) is 0.370. The van der Waals surface area contributed by atoms with Gasteiger partial charge in [-0.15, -0.1) is 0 Å². The van der Waals surface area contributed by atoms with Gasteiger partial charge in [0.1, 0.15) is 11.4 Å². The van der Waals surface area contributed by atoms with Gasteiger partial charge in [0.25, 0.3) is 0 Å². The molecule has 0 aliphatic carbocycles. The third kappa shape index (κ3) is 3.00. The van der Waals surface area contributed by atoms with Crippen molar-refractivity contribution in [3.8, 4) is 5.75 Å². The Labute approximate surface area is 140 Å². The second-order valence-electron chi connectivity index (χ2n) is 3.74. The molecule has 0 heterocycles. The summed E-state index contributed by atoms with van der Waals surface area (Å²) in [7, 11) is 0. The Morgan fingerprint density at radius 2 is 1.30 bits per heavy atom. The van der Waals surface area contributed by atoms with Crippen molar-refractivity contribution >= 4 is 69.9 Å². The molecule has 0 unspecified atom stereocenters. The Balaban J connectivity index is 2.53. The first-order valence-corrected chi connectivity index (χ1v) is 7.16. The highest BCUT2D eigenvalue weighted by atomic mass is 35.5. The SMILES string of the molecule is Oc1ccccc1C=Nc1c(Cl)c(Cl)c(Cl)c(Cl)c1Cl. The van der Waals surface area contributed by atoms with E-state index in [2.05, 4.69) is 4.99 Å². The van der Waals surface area contributed by atoms with E-state index in [-0.39, 0.29) is 36.6 Å². The van der Waals surface area contributed by atoms with Crippen molar-refractivity contribution < 1.29 is 5.11 Å². The molecule has 0 amide bonds. The van der Waals surface area contributed by atoms with E-state index in [4.69, 9.17) is 58.0 Å². The fraction of sp³-hybridized carbons (Fsp3) is 0. The molecule has 0 saturated heterocycles. The van der Waals surface area contributed by atoms with E-state index in [0.29, 0.717) is 5.56 Å². The van der Waals surface area contributed by atoms with Gasteiger partial charge in [-0.2, -0.15) is 0 Å². The molecule has 104 valence electrons. The predicted octanol–water partition coefficient (Wildman–Crippen LogP) is 6.41. The lowest BCUT2D eigenvalue weighted by molar-refractivity contribution is 0.474. The molecule has 0 spiro atoms. The zero-order valence-electron chi connectivity index (χ0n) is 9.67. The minimum Gasteiger partial charge on any atom is -0.507 e. The number of benzene rings is 2. The normalized spacial score (nSPS) is 11.2. The van der Waals surface area contributed by atoms with Crippen LogP contribution >= 0.6 is 58.0 Å². The second kappa shape index (κ2) is 6.42. The van der Waals surface area contributed by atoms with E-state index < -0.39 is 0 Å². The van der Waals surface area contributed by atoms with E-state index >= 15 is 0 Å². The number of para-hydroxylation sites is 1. The van der Waals surface area contributed by atoms with E-state index in [1.165, 1.54) is 12.3 Å². The molecule has 7 heteroatoms. The summed E-state index contributed by atoms with van der Waals surface area (Å²) in [4.78, 5) is 4.12. The zero-order valence-corrected chi connectivity index (χ0v) is 13.5. The van der Waals surface area contributed by atoms with E-state index in [9.17, 15) is 5.11 Å². The smallest absolute Gasteiger partial charge is 0.124 e. The highest BCUT2D eigenvalue weighted by molar-refractivity contribution is 6.56. The van der Waals surface area contributed by atoms with Gasteiger partial charge in [-0.05, 0) is 12.1 Å². The Kier molecular flexibility index (Phi) is 5.05. The maximum absolute atomic E-state index is 9.65. The number of rotatable bonds is 2. The fourth-order valence-electron chi connectivity index (χ4n) is 1.44. The lowest BCUT2D eigenvalue weighted by Gasteiger charge is -2.08. The van der Waals surface area contributed by atoms with Crippen LogP contribution in [0.1, 0.15) is 5.56 Å². The zero-order chi connectivity index (χ0) is 14.9. The Morgan fingerprint density at radius 3 is 1.85 bits per heavy atom. The number of hydrogen-bond donors (Lipinski definition) is 1. The molecular formula is C13H6Cl5NO. The molecule has 0 aliphatic rings. The summed E-state index contributed by atoms with van der Waals surface area (Å²) >= 11 is 29.9. The first-order chi connectivity index (χ1) is 9.43. The van der Waals surface area contributed by atoms with E-state index in [0.717, 1.165) is 0 Å². The molecule has 20 heavy (non-hydrogen) atoms. The molecule has 0 atom stereocenters. The van der Waals surface area contributed by atoms with Gasteiger partial charge in [-0.25, -0.2) is 0 Å². The van der Waals surface area contributed by atoms with Crippen LogP contribution in [0, 0.1) is 0 Å². The van der Waals surface area contributed by atoms with Crippen molar-refractivity contribution in [3.63, 3.8) is 0 Å². The highest BCUT2D eigenvalue weighted by Crippen LogP contribution is 2.48. The number of nitrogens with zero attached hydrogens (tertiary/aromatic N) is 1. The average Bonchev–Trinajstić information content (AvgIpc) is 2.45. The van der Waals surface area contributed by atoms with Crippen LogP contribution in [0.4, 0.5) is 5.69 Å². The molecule has 2 rings (SSSR count). The number of aromatic hydroxyl groups is 1. The minimum absolute atomic E-state index is 0.0739. The van der Waals surface area contributed by atoms with E-state index in [1.807, 2.05) is 0 Å². The minimum atomic E-state index is 0.0739. The van der Waals surface area contributed by atoms with Crippen LogP contribution in [0.2, 0.25) is 25.1 Å². The van der Waals surface area contributed by atoms with Crippen molar-refractivity contribution in [2.75, 3.05) is 0 Å². The third-order valence-electron chi connectivity index (χ3n) is 2.46. The van der Waals surface area contributed by atoms with Crippen molar-refractivity contribution in [1.82, 2.24) is 0 Å². The molecule has 2 aromatic carbocycles. The van der Waals surface area contributed by atoms with Crippen molar-refractivity contribution in [3.05, 3.63) is 54.9 Å². The highest BCUT2D eigenvalue weighted by Gasteiger charge is 2.18. The third-order valence-corrected chi connectivity index (χ3v) is 4.71. The van der Waals surface area contributed by atoms with Crippen molar-refractivity contribution in [1.29, 1.82) is 0 Å². The Bertz CT molecular complexity index is 670. The van der Waals surface area contributed by atoms with Gasteiger partial charge in [0.2, 0.25) is 0 Å².